The Kier molecular flexibility index (Phi) is 9.22. The first-order valence-corrected chi connectivity index (χ1v) is 10.2. The van der Waals surface area contributed by atoms with E-state index in [-0.39, 0.29) is 12.5 Å². The maximum atomic E-state index is 12.0. The molecule has 2 aromatic rings. The Hall–Kier alpha value is -2.82. The molecule has 0 aromatic heterocycles. The van der Waals surface area contributed by atoms with Crippen molar-refractivity contribution in [2.45, 2.75) is 53.4 Å². The van der Waals surface area contributed by atoms with Crippen LogP contribution in [0.2, 0.25) is 0 Å². The Balaban J connectivity index is 1.74. The number of nitrogens with zero attached hydrogens (tertiary/aromatic N) is 1. The van der Waals surface area contributed by atoms with Crippen LogP contribution in [0.15, 0.2) is 41.5 Å². The molecule has 0 aliphatic heterocycles. The Morgan fingerprint density at radius 3 is 2.52 bits per heavy atom. The van der Waals surface area contributed by atoms with Gasteiger partial charge in [0, 0.05) is 0 Å². The Bertz CT molecular complexity index is 814. The number of hydrogen-bond donors (Lipinski definition) is 1. The Morgan fingerprint density at radius 1 is 1.03 bits per heavy atom. The van der Waals surface area contributed by atoms with E-state index in [1.54, 1.807) is 6.21 Å². The highest BCUT2D eigenvalue weighted by Crippen LogP contribution is 2.23. The number of ether oxygens (including phenoxy) is 2. The highest BCUT2D eigenvalue weighted by molar-refractivity contribution is 5.83. The lowest BCUT2D eigenvalue weighted by Crippen LogP contribution is -2.24. The third kappa shape index (κ3) is 7.98. The normalized spacial score (nSPS) is 10.9. The van der Waals surface area contributed by atoms with E-state index >= 15 is 0 Å². The summed E-state index contributed by atoms with van der Waals surface area (Å²) in [4.78, 5) is 12.0. The monoisotopic (exact) mass is 396 g/mol. The van der Waals surface area contributed by atoms with Gasteiger partial charge in [0.05, 0.1) is 12.8 Å². The van der Waals surface area contributed by atoms with E-state index < -0.39 is 0 Å². The summed E-state index contributed by atoms with van der Waals surface area (Å²) in [5.74, 6) is 1.28. The van der Waals surface area contributed by atoms with Crippen LogP contribution in [0.3, 0.4) is 0 Å². The molecule has 0 bridgehead atoms. The Morgan fingerprint density at radius 2 is 1.79 bits per heavy atom. The number of amides is 1. The van der Waals surface area contributed by atoms with E-state index in [1.807, 2.05) is 51.1 Å². The van der Waals surface area contributed by atoms with Crippen molar-refractivity contribution in [1.29, 1.82) is 0 Å². The first-order chi connectivity index (χ1) is 14.0. The second kappa shape index (κ2) is 11.9. The topological polar surface area (TPSA) is 59.9 Å². The predicted octanol–water partition coefficient (Wildman–Crippen LogP) is 5.10. The van der Waals surface area contributed by atoms with Gasteiger partial charge in [0.1, 0.15) is 11.5 Å². The summed E-state index contributed by atoms with van der Waals surface area (Å²) in [6.45, 7) is 8.88. The van der Waals surface area contributed by atoms with Crippen molar-refractivity contribution in [3.05, 3.63) is 58.7 Å². The number of rotatable bonds is 11. The van der Waals surface area contributed by atoms with Crippen LogP contribution in [0.1, 0.15) is 54.9 Å². The lowest BCUT2D eigenvalue weighted by Gasteiger charge is -2.11. The first kappa shape index (κ1) is 22.5. The lowest BCUT2D eigenvalue weighted by molar-refractivity contribution is -0.123. The fourth-order valence-corrected chi connectivity index (χ4v) is 2.87. The largest absolute Gasteiger partial charge is 0.494 e. The van der Waals surface area contributed by atoms with Gasteiger partial charge in [-0.2, -0.15) is 5.10 Å². The van der Waals surface area contributed by atoms with Crippen molar-refractivity contribution in [3.63, 3.8) is 0 Å². The highest BCUT2D eigenvalue weighted by Gasteiger charge is 2.07. The third-order valence-electron chi connectivity index (χ3n) is 4.67. The van der Waals surface area contributed by atoms with Crippen LogP contribution in [-0.2, 0) is 4.79 Å². The number of hydrazone groups is 1. The maximum absolute atomic E-state index is 12.0. The van der Waals surface area contributed by atoms with E-state index in [0.717, 1.165) is 46.8 Å². The predicted molar refractivity (Wildman–Crippen MR) is 118 cm³/mol. The summed E-state index contributed by atoms with van der Waals surface area (Å²) in [5.41, 5.74) is 6.67. The van der Waals surface area contributed by atoms with Gasteiger partial charge in [-0.05, 0) is 79.8 Å². The molecule has 2 rings (SSSR count). The minimum atomic E-state index is -0.299. The molecule has 0 spiro atoms. The van der Waals surface area contributed by atoms with Crippen molar-refractivity contribution >= 4 is 12.1 Å². The van der Waals surface area contributed by atoms with Crippen molar-refractivity contribution in [1.82, 2.24) is 5.43 Å². The first-order valence-electron chi connectivity index (χ1n) is 10.2. The van der Waals surface area contributed by atoms with Crippen LogP contribution in [0.5, 0.6) is 11.5 Å². The molecule has 29 heavy (non-hydrogen) atoms. The molecule has 0 aliphatic carbocycles. The molecule has 156 valence electrons. The van der Waals surface area contributed by atoms with Crippen LogP contribution in [0.4, 0.5) is 0 Å². The second-order valence-electron chi connectivity index (χ2n) is 7.26. The number of carbonyl (C=O) groups is 1. The average Bonchev–Trinajstić information content (AvgIpc) is 2.70. The molecule has 0 unspecified atom stereocenters. The number of hydrogen-bond acceptors (Lipinski definition) is 4. The van der Waals surface area contributed by atoms with Crippen molar-refractivity contribution in [3.8, 4) is 11.5 Å². The molecule has 0 radical (unpaired) electrons. The zero-order valence-corrected chi connectivity index (χ0v) is 18.0. The fraction of sp³-hybridized carbons (Fsp3) is 0.417. The summed E-state index contributed by atoms with van der Waals surface area (Å²) in [5, 5.41) is 3.99. The van der Waals surface area contributed by atoms with Gasteiger partial charge in [-0.1, -0.05) is 32.3 Å². The van der Waals surface area contributed by atoms with E-state index in [4.69, 9.17) is 9.47 Å². The lowest BCUT2D eigenvalue weighted by atomic mass is 10.1. The van der Waals surface area contributed by atoms with E-state index in [0.29, 0.717) is 0 Å². The van der Waals surface area contributed by atoms with Crippen molar-refractivity contribution < 1.29 is 14.3 Å². The third-order valence-corrected chi connectivity index (χ3v) is 4.67. The summed E-state index contributed by atoms with van der Waals surface area (Å²) >= 11 is 0. The number of unbranched alkanes of at least 4 members (excludes halogenated alkanes) is 3. The zero-order chi connectivity index (χ0) is 21.1. The highest BCUT2D eigenvalue weighted by atomic mass is 16.5. The van der Waals surface area contributed by atoms with Gasteiger partial charge < -0.3 is 9.47 Å². The van der Waals surface area contributed by atoms with Crippen LogP contribution in [-0.4, -0.2) is 25.3 Å². The number of benzene rings is 2. The van der Waals surface area contributed by atoms with E-state index in [2.05, 4.69) is 23.5 Å². The molecular weight excluding hydrogens is 364 g/mol. The summed E-state index contributed by atoms with van der Waals surface area (Å²) in [6.07, 6.45) is 6.35. The summed E-state index contributed by atoms with van der Waals surface area (Å²) in [6, 6.07) is 11.7. The van der Waals surface area contributed by atoms with Gasteiger partial charge in [-0.15, -0.1) is 0 Å². The number of carbonyl (C=O) groups excluding carboxylic acids is 1. The fourth-order valence-electron chi connectivity index (χ4n) is 2.87. The van der Waals surface area contributed by atoms with Gasteiger partial charge in [0.25, 0.3) is 5.91 Å². The molecule has 2 aromatic carbocycles. The van der Waals surface area contributed by atoms with Crippen molar-refractivity contribution in [2.75, 3.05) is 13.2 Å². The van der Waals surface area contributed by atoms with E-state index in [9.17, 15) is 4.79 Å². The molecule has 1 N–H and O–H groups in total. The van der Waals surface area contributed by atoms with Crippen LogP contribution in [0.25, 0.3) is 0 Å². The van der Waals surface area contributed by atoms with Crippen LogP contribution >= 0.6 is 0 Å². The SMILES string of the molecule is CCCCCCOc1ccc(/C=N/NC(=O)COc2cc(C)cc(C)c2C)cc1. The van der Waals surface area contributed by atoms with Gasteiger partial charge in [0.15, 0.2) is 6.61 Å². The Labute approximate surface area is 174 Å². The van der Waals surface area contributed by atoms with Gasteiger partial charge >= 0.3 is 0 Å². The average molecular weight is 397 g/mol. The van der Waals surface area contributed by atoms with Gasteiger partial charge in [-0.25, -0.2) is 5.43 Å². The van der Waals surface area contributed by atoms with Crippen molar-refractivity contribution in [2.24, 2.45) is 5.10 Å². The molecule has 0 fully saturated rings. The number of nitrogens with one attached hydrogen (secondary N) is 1. The summed E-state index contributed by atoms with van der Waals surface area (Å²) < 4.78 is 11.4. The minimum Gasteiger partial charge on any atom is -0.494 e. The smallest absolute Gasteiger partial charge is 0.277 e. The standard InChI is InChI=1S/C24H32N2O3/c1-5-6-7-8-13-28-22-11-9-21(10-12-22)16-25-26-24(27)17-29-23-15-18(2)14-19(3)20(23)4/h9-12,14-16H,5-8,13,17H2,1-4H3,(H,26,27)/b25-16+. The molecule has 5 heteroatoms. The molecule has 0 saturated carbocycles. The maximum Gasteiger partial charge on any atom is 0.277 e. The molecule has 5 nitrogen and oxygen atoms in total. The zero-order valence-electron chi connectivity index (χ0n) is 18.0. The molecule has 0 atom stereocenters. The number of aryl methyl sites for hydroxylation is 2. The molecular formula is C24H32N2O3. The molecule has 0 heterocycles. The second-order valence-corrected chi connectivity index (χ2v) is 7.26. The van der Waals surface area contributed by atoms with Crippen LogP contribution in [0, 0.1) is 20.8 Å². The van der Waals surface area contributed by atoms with Gasteiger partial charge in [0.2, 0.25) is 0 Å². The molecule has 1 amide bonds. The molecule has 0 saturated heterocycles. The van der Waals surface area contributed by atoms with Gasteiger partial charge in [-0.3, -0.25) is 4.79 Å². The summed E-state index contributed by atoms with van der Waals surface area (Å²) in [7, 11) is 0. The van der Waals surface area contributed by atoms with Crippen LogP contribution < -0.4 is 14.9 Å². The molecule has 0 aliphatic rings. The van der Waals surface area contributed by atoms with E-state index in [1.165, 1.54) is 19.3 Å². The minimum absolute atomic E-state index is 0.0775. The quantitative estimate of drug-likeness (QED) is 0.327.